The summed E-state index contributed by atoms with van der Waals surface area (Å²) in [6.07, 6.45) is 3.16. The summed E-state index contributed by atoms with van der Waals surface area (Å²) >= 11 is 16.2. The number of hydrogen-bond donors (Lipinski definition) is 2. The number of benzene rings is 2. The first kappa shape index (κ1) is 22.0. The number of phenols is 1. The van der Waals surface area contributed by atoms with Crippen molar-refractivity contribution < 1.29 is 9.90 Å². The summed E-state index contributed by atoms with van der Waals surface area (Å²) in [5.41, 5.74) is 1.95. The number of thioether (sulfide) groups is 1. The highest BCUT2D eigenvalue weighted by Crippen LogP contribution is 2.35. The molecule has 4 rings (SSSR count). The van der Waals surface area contributed by atoms with Gasteiger partial charge < -0.3 is 10.4 Å². The molecular weight excluding hydrogens is 495 g/mol. The van der Waals surface area contributed by atoms with E-state index >= 15 is 0 Å². The van der Waals surface area contributed by atoms with Crippen molar-refractivity contribution in [2.24, 2.45) is 4.99 Å². The van der Waals surface area contributed by atoms with E-state index in [1.165, 1.54) is 46.7 Å². The van der Waals surface area contributed by atoms with Crippen LogP contribution in [0.5, 0.6) is 5.75 Å². The number of aromatic nitrogens is 2. The van der Waals surface area contributed by atoms with Crippen LogP contribution in [0, 0.1) is 0 Å². The molecule has 0 radical (unpaired) electrons. The van der Waals surface area contributed by atoms with E-state index in [1.54, 1.807) is 12.3 Å². The second kappa shape index (κ2) is 9.54. The summed E-state index contributed by atoms with van der Waals surface area (Å²) in [4.78, 5) is 25.4. The van der Waals surface area contributed by atoms with Gasteiger partial charge >= 0.3 is 0 Å². The fraction of sp³-hybridized carbons (Fsp3) is 0.100. The third-order valence-corrected chi connectivity index (χ3v) is 7.48. The van der Waals surface area contributed by atoms with Gasteiger partial charge in [-0.1, -0.05) is 35.0 Å². The Morgan fingerprint density at radius 1 is 1.32 bits per heavy atom. The van der Waals surface area contributed by atoms with Crippen molar-refractivity contribution in [3.05, 3.63) is 57.5 Å². The molecule has 0 spiro atoms. The van der Waals surface area contributed by atoms with Crippen LogP contribution in [0.25, 0.3) is 10.2 Å². The second-order valence-electron chi connectivity index (χ2n) is 6.30. The quantitative estimate of drug-likeness (QED) is 0.225. The molecule has 1 unspecified atom stereocenters. The van der Waals surface area contributed by atoms with E-state index in [9.17, 15) is 9.90 Å². The van der Waals surface area contributed by atoms with Crippen LogP contribution in [0.15, 0.2) is 51.2 Å². The van der Waals surface area contributed by atoms with Crippen LogP contribution in [0.2, 0.25) is 10.0 Å². The molecule has 6 nitrogen and oxygen atoms in total. The number of fused-ring (bicyclic) bond motifs is 1. The minimum absolute atomic E-state index is 0.0719. The van der Waals surface area contributed by atoms with E-state index in [2.05, 4.69) is 20.3 Å². The Morgan fingerprint density at radius 3 is 2.94 bits per heavy atom. The van der Waals surface area contributed by atoms with Gasteiger partial charge in [-0.3, -0.25) is 9.79 Å². The Kier molecular flexibility index (Phi) is 6.78. The molecule has 2 N–H and O–H groups in total. The van der Waals surface area contributed by atoms with Gasteiger partial charge in [0, 0.05) is 28.4 Å². The molecule has 158 valence electrons. The monoisotopic (exact) mass is 508 g/mol. The van der Waals surface area contributed by atoms with Crippen molar-refractivity contribution in [2.75, 3.05) is 5.32 Å². The standard InChI is InChI=1S/C20H14Cl2N4O2S3/c1-10(18(28)26-19-23-4-5-29-19)30-20-25-15-3-2-13(8-16(15)31-20)24-9-11-6-12(21)7-14(22)17(11)27/h2-10,27H,1H3,(H,23,26,28). The predicted octanol–water partition coefficient (Wildman–Crippen LogP) is 6.64. The smallest absolute Gasteiger partial charge is 0.239 e. The van der Waals surface area contributed by atoms with E-state index in [-0.39, 0.29) is 21.9 Å². The second-order valence-corrected chi connectivity index (χ2v) is 10.7. The van der Waals surface area contributed by atoms with Crippen LogP contribution >= 0.6 is 57.6 Å². The number of anilines is 1. The largest absolute Gasteiger partial charge is 0.506 e. The van der Waals surface area contributed by atoms with Crippen LogP contribution in [0.1, 0.15) is 12.5 Å². The number of carbonyl (C=O) groups is 1. The number of nitrogens with zero attached hydrogens (tertiary/aromatic N) is 3. The van der Waals surface area contributed by atoms with E-state index in [4.69, 9.17) is 23.2 Å². The van der Waals surface area contributed by atoms with Crippen molar-refractivity contribution >= 4 is 90.8 Å². The number of halogens is 2. The molecule has 0 saturated carbocycles. The van der Waals surface area contributed by atoms with E-state index in [0.717, 1.165) is 14.6 Å². The van der Waals surface area contributed by atoms with E-state index < -0.39 is 0 Å². The zero-order chi connectivity index (χ0) is 22.0. The number of aliphatic imine (C=N–C) groups is 1. The van der Waals surface area contributed by atoms with Crippen molar-refractivity contribution in [3.8, 4) is 5.75 Å². The summed E-state index contributed by atoms with van der Waals surface area (Å²) in [5, 5.41) is 15.5. The van der Waals surface area contributed by atoms with E-state index in [0.29, 0.717) is 21.4 Å². The summed E-state index contributed by atoms with van der Waals surface area (Å²) in [7, 11) is 0. The molecule has 0 saturated heterocycles. The molecule has 0 fully saturated rings. The average Bonchev–Trinajstić information content (AvgIpc) is 3.38. The fourth-order valence-corrected chi connectivity index (χ4v) is 5.83. The fourth-order valence-electron chi connectivity index (χ4n) is 2.55. The van der Waals surface area contributed by atoms with Crippen molar-refractivity contribution in [3.63, 3.8) is 0 Å². The Labute approximate surface area is 200 Å². The maximum Gasteiger partial charge on any atom is 0.239 e. The molecule has 0 aliphatic rings. The van der Waals surface area contributed by atoms with Gasteiger partial charge in [-0.05, 0) is 37.3 Å². The molecule has 0 bridgehead atoms. The molecular formula is C20H14Cl2N4O2S3. The zero-order valence-electron chi connectivity index (χ0n) is 15.9. The Bertz CT molecular complexity index is 1280. The maximum atomic E-state index is 12.3. The molecule has 2 aromatic heterocycles. The number of amides is 1. The summed E-state index contributed by atoms with van der Waals surface area (Å²) in [5.74, 6) is -0.193. The molecule has 4 aromatic rings. The number of phenolic OH excluding ortho intramolecular Hbond substituents is 1. The molecule has 0 aliphatic carbocycles. The molecule has 31 heavy (non-hydrogen) atoms. The topological polar surface area (TPSA) is 87.5 Å². The first-order chi connectivity index (χ1) is 14.9. The highest BCUT2D eigenvalue weighted by molar-refractivity contribution is 8.02. The molecule has 2 aromatic carbocycles. The lowest BCUT2D eigenvalue weighted by molar-refractivity contribution is -0.115. The third kappa shape index (κ3) is 5.36. The molecule has 1 amide bonds. The van der Waals surface area contributed by atoms with Gasteiger partial charge in [0.15, 0.2) is 9.47 Å². The first-order valence-corrected chi connectivity index (χ1v) is 12.2. The number of nitrogens with one attached hydrogen (secondary N) is 1. The molecule has 2 heterocycles. The van der Waals surface area contributed by atoms with Gasteiger partial charge in [0.05, 0.1) is 26.2 Å². The van der Waals surface area contributed by atoms with Crippen molar-refractivity contribution in [1.29, 1.82) is 0 Å². The van der Waals surface area contributed by atoms with Gasteiger partial charge in [-0.2, -0.15) is 0 Å². The van der Waals surface area contributed by atoms with Crippen LogP contribution in [-0.4, -0.2) is 32.4 Å². The summed E-state index contributed by atoms with van der Waals surface area (Å²) in [6, 6.07) is 8.65. The minimum Gasteiger partial charge on any atom is -0.506 e. The normalized spacial score (nSPS) is 12.5. The first-order valence-electron chi connectivity index (χ1n) is 8.89. The summed E-state index contributed by atoms with van der Waals surface area (Å²) in [6.45, 7) is 1.83. The van der Waals surface area contributed by atoms with Crippen molar-refractivity contribution in [2.45, 2.75) is 16.5 Å². The zero-order valence-corrected chi connectivity index (χ0v) is 19.8. The SMILES string of the molecule is CC(Sc1nc2ccc(N=Cc3cc(Cl)cc(Cl)c3O)cc2s1)C(=O)Nc1nccs1. The number of thiazole rings is 2. The Balaban J connectivity index is 1.49. The van der Waals surface area contributed by atoms with E-state index in [1.807, 2.05) is 30.5 Å². The highest BCUT2D eigenvalue weighted by atomic mass is 35.5. The number of carbonyl (C=O) groups excluding carboxylic acids is 1. The third-order valence-electron chi connectivity index (χ3n) is 4.07. The minimum atomic E-state index is -0.322. The predicted molar refractivity (Wildman–Crippen MR) is 131 cm³/mol. The lowest BCUT2D eigenvalue weighted by Gasteiger charge is -2.07. The van der Waals surface area contributed by atoms with Gasteiger partial charge in [0.2, 0.25) is 5.91 Å². The lowest BCUT2D eigenvalue weighted by atomic mass is 10.2. The highest BCUT2D eigenvalue weighted by Gasteiger charge is 2.18. The van der Waals surface area contributed by atoms with Crippen LogP contribution in [-0.2, 0) is 4.79 Å². The Morgan fingerprint density at radius 2 is 2.16 bits per heavy atom. The van der Waals surface area contributed by atoms with Gasteiger partial charge in [-0.15, -0.1) is 22.7 Å². The number of hydrogen-bond acceptors (Lipinski definition) is 8. The summed E-state index contributed by atoms with van der Waals surface area (Å²) < 4.78 is 1.73. The van der Waals surface area contributed by atoms with Crippen LogP contribution < -0.4 is 5.32 Å². The average molecular weight is 509 g/mol. The van der Waals surface area contributed by atoms with Gasteiger partial charge in [0.1, 0.15) is 5.75 Å². The Hall–Kier alpha value is -2.17. The molecule has 0 aliphatic heterocycles. The number of rotatable bonds is 6. The van der Waals surface area contributed by atoms with Gasteiger partial charge in [0.25, 0.3) is 0 Å². The van der Waals surface area contributed by atoms with Crippen LogP contribution in [0.4, 0.5) is 10.8 Å². The molecule has 1 atom stereocenters. The lowest BCUT2D eigenvalue weighted by Crippen LogP contribution is -2.22. The van der Waals surface area contributed by atoms with Crippen LogP contribution in [0.3, 0.4) is 0 Å². The number of aromatic hydroxyl groups is 1. The van der Waals surface area contributed by atoms with Gasteiger partial charge in [-0.25, -0.2) is 9.97 Å². The molecule has 11 heteroatoms. The van der Waals surface area contributed by atoms with Crippen molar-refractivity contribution in [1.82, 2.24) is 9.97 Å². The maximum absolute atomic E-state index is 12.3.